The number of hydrogen-bond acceptors (Lipinski definition) is 6. The van der Waals surface area contributed by atoms with Crippen LogP contribution in [-0.4, -0.2) is 114 Å². The largest absolute Gasteiger partial charge is 0.352 e. The number of anilines is 1. The van der Waals surface area contributed by atoms with E-state index in [-0.39, 0.29) is 40.9 Å². The van der Waals surface area contributed by atoms with E-state index >= 15 is 0 Å². The van der Waals surface area contributed by atoms with Crippen LogP contribution in [0.3, 0.4) is 0 Å². The predicted octanol–water partition coefficient (Wildman–Crippen LogP) is 12.4. The van der Waals surface area contributed by atoms with Gasteiger partial charge < -0.3 is 30.2 Å². The Labute approximate surface area is 458 Å². The van der Waals surface area contributed by atoms with Crippen molar-refractivity contribution in [2.45, 2.75) is 156 Å². The zero-order chi connectivity index (χ0) is 58.6. The summed E-state index contributed by atoms with van der Waals surface area (Å²) >= 11 is 0. The third kappa shape index (κ3) is 33.8. The van der Waals surface area contributed by atoms with Crippen LogP contribution in [0, 0.1) is 51.3 Å². The molecule has 12 nitrogen and oxygen atoms in total. The highest BCUT2D eigenvalue weighted by Gasteiger charge is 2.37. The van der Waals surface area contributed by atoms with Crippen molar-refractivity contribution >= 4 is 41.1 Å². The number of likely N-dealkylation sites (tertiary alicyclic amines) is 4. The Morgan fingerprint density at radius 3 is 1.21 bits per heavy atom. The van der Waals surface area contributed by atoms with E-state index in [1.54, 1.807) is 6.92 Å². The molecule has 6 amide bonds. The van der Waals surface area contributed by atoms with Crippen LogP contribution in [0.1, 0.15) is 156 Å². The third-order valence-electron chi connectivity index (χ3n) is 12.8. The maximum atomic E-state index is 11.5. The minimum absolute atomic E-state index is 0.00939. The standard InChI is InChI=1S/C13H21NO.C12H21NO.C10H17NO.C9H9NO.C8H15NO.C7H11NO.2C2H6/c1-5-6-12(15)14-9-7-11(8-10-14)13(2,3)4;1-5-11(14)13-8-6-10(7-9-13)12(2,3)4;1-5-9(12)11-6-8(7-11)10(2,3)4;1-2-9(11)10-8-6-4-3-5-7-8;1-5-7(10)9-6-8(2,3)4;1-2-7(9)8-5-3-4-6-8;2*1-2/h11H,7-10H2,1-4H3;5,10H,1,6-9H2,2-4H3;5,8H,1,6-7H2,2-4H3;2-7H,1H2,(H,10,11);5H,1,6H2,2-4H3,(H,9,10);2H,1,3-6H2;2*1-2H3. The molecule has 0 aliphatic carbocycles. The highest BCUT2D eigenvalue weighted by atomic mass is 16.2. The average Bonchev–Trinajstić information content (AvgIpc) is 3.92. The van der Waals surface area contributed by atoms with E-state index in [4.69, 9.17) is 0 Å². The van der Waals surface area contributed by atoms with Crippen LogP contribution in [-0.2, 0) is 28.8 Å². The third-order valence-corrected chi connectivity index (χ3v) is 12.8. The average molecular weight is 1040 g/mol. The van der Waals surface area contributed by atoms with E-state index in [0.29, 0.717) is 28.7 Å². The number of piperidine rings is 2. The minimum atomic E-state index is -0.184. The summed E-state index contributed by atoms with van der Waals surface area (Å²) in [5, 5.41) is 5.35. The van der Waals surface area contributed by atoms with Gasteiger partial charge >= 0.3 is 0 Å². The SMILES string of the molecule is C=CC(=O)N1CC(C(C)(C)C)C1.C=CC(=O)N1CCC(C(C)(C)C)CC1.C=CC(=O)N1CCCC1.C=CC(=O)NCC(C)(C)C.C=CC(=O)Nc1ccccc1.CC.CC.CC#CC(=O)N1CCC(C(C)(C)C)CC1. The molecule has 12 heteroatoms. The summed E-state index contributed by atoms with van der Waals surface area (Å²) in [6.07, 6.45) is 13.5. The molecule has 0 saturated carbocycles. The molecule has 424 valence electrons. The van der Waals surface area contributed by atoms with Gasteiger partial charge in [-0.2, -0.15) is 0 Å². The summed E-state index contributed by atoms with van der Waals surface area (Å²) in [6.45, 7) is 61.2. The van der Waals surface area contributed by atoms with Gasteiger partial charge in [0.15, 0.2) is 0 Å². The Balaban J connectivity index is -0.000000824. The van der Waals surface area contributed by atoms with Gasteiger partial charge in [-0.1, -0.05) is 168 Å². The van der Waals surface area contributed by atoms with Gasteiger partial charge in [-0.25, -0.2) is 0 Å². The number of nitrogens with zero attached hydrogens (tertiary/aromatic N) is 4. The second kappa shape index (κ2) is 38.8. The van der Waals surface area contributed by atoms with Crippen molar-refractivity contribution in [3.05, 3.63) is 93.6 Å². The van der Waals surface area contributed by atoms with Crippen LogP contribution < -0.4 is 10.6 Å². The second-order valence-electron chi connectivity index (χ2n) is 22.8. The van der Waals surface area contributed by atoms with Crippen LogP contribution in [0.5, 0.6) is 0 Å². The molecule has 1 aromatic rings. The van der Waals surface area contributed by atoms with E-state index in [1.165, 1.54) is 30.4 Å². The fraction of sp³-hybridized carbons (Fsp3) is 0.619. The summed E-state index contributed by atoms with van der Waals surface area (Å²) in [7, 11) is 0. The number of amides is 6. The number of rotatable bonds is 7. The number of carbonyl (C=O) groups is 6. The highest BCUT2D eigenvalue weighted by molar-refractivity contribution is 5.98. The molecule has 0 atom stereocenters. The fourth-order valence-electron chi connectivity index (χ4n) is 7.77. The molecule has 4 aliphatic heterocycles. The lowest BCUT2D eigenvalue weighted by Gasteiger charge is -2.45. The van der Waals surface area contributed by atoms with E-state index in [1.807, 2.05) is 77.6 Å². The molecule has 4 saturated heterocycles. The molecule has 4 fully saturated rings. The van der Waals surface area contributed by atoms with E-state index in [0.717, 1.165) is 108 Å². The van der Waals surface area contributed by atoms with Crippen LogP contribution in [0.2, 0.25) is 0 Å². The maximum Gasteiger partial charge on any atom is 0.298 e. The zero-order valence-corrected chi connectivity index (χ0v) is 50.4. The lowest BCUT2D eigenvalue weighted by atomic mass is 9.75. The van der Waals surface area contributed by atoms with Gasteiger partial charge in [0.05, 0.1) is 0 Å². The Kier molecular flexibility index (Phi) is 38.0. The summed E-state index contributed by atoms with van der Waals surface area (Å²) < 4.78 is 0. The van der Waals surface area contributed by atoms with Crippen molar-refractivity contribution < 1.29 is 28.8 Å². The van der Waals surface area contributed by atoms with Gasteiger partial charge in [-0.15, -0.1) is 0 Å². The molecule has 1 aromatic carbocycles. The predicted molar refractivity (Wildman–Crippen MR) is 318 cm³/mol. The van der Waals surface area contributed by atoms with Crippen LogP contribution >= 0.6 is 0 Å². The Morgan fingerprint density at radius 2 is 0.880 bits per heavy atom. The Morgan fingerprint density at radius 1 is 0.520 bits per heavy atom. The Hall–Kier alpha value is -5.70. The summed E-state index contributed by atoms with van der Waals surface area (Å²) in [5.41, 5.74) is 2.02. The molecule has 4 heterocycles. The zero-order valence-electron chi connectivity index (χ0n) is 50.4. The first-order chi connectivity index (χ1) is 35.0. The number of hydrogen-bond donors (Lipinski definition) is 2. The summed E-state index contributed by atoms with van der Waals surface area (Å²) in [4.78, 5) is 73.6. The first-order valence-corrected chi connectivity index (χ1v) is 27.3. The molecule has 0 bridgehead atoms. The van der Waals surface area contributed by atoms with Crippen LogP contribution in [0.15, 0.2) is 93.6 Å². The van der Waals surface area contributed by atoms with Gasteiger partial charge in [0.25, 0.3) is 5.91 Å². The molecule has 0 spiro atoms. The maximum absolute atomic E-state index is 11.5. The summed E-state index contributed by atoms with van der Waals surface area (Å²) in [5.74, 6) is 7.33. The fourth-order valence-corrected chi connectivity index (χ4v) is 7.77. The molecule has 2 N–H and O–H groups in total. The molecule has 4 aliphatic rings. The molecular weight excluding hydrogens is 937 g/mol. The quantitative estimate of drug-likeness (QED) is 0.206. The summed E-state index contributed by atoms with van der Waals surface area (Å²) in [6, 6.07) is 9.25. The van der Waals surface area contributed by atoms with Crippen molar-refractivity contribution in [2.24, 2.45) is 39.4 Å². The number of benzene rings is 1. The van der Waals surface area contributed by atoms with Crippen molar-refractivity contribution in [1.82, 2.24) is 24.9 Å². The van der Waals surface area contributed by atoms with Crippen molar-refractivity contribution in [3.8, 4) is 11.8 Å². The normalized spacial score (nSPS) is 15.3. The second-order valence-corrected chi connectivity index (χ2v) is 22.8. The smallest absolute Gasteiger partial charge is 0.298 e. The lowest BCUT2D eigenvalue weighted by Crippen LogP contribution is -2.54. The van der Waals surface area contributed by atoms with Crippen LogP contribution in [0.25, 0.3) is 0 Å². The first kappa shape index (κ1) is 73.5. The van der Waals surface area contributed by atoms with Crippen LogP contribution in [0.4, 0.5) is 5.69 Å². The molecule has 5 rings (SSSR count). The number of nitrogens with one attached hydrogen (secondary N) is 2. The lowest BCUT2D eigenvalue weighted by molar-refractivity contribution is -0.135. The van der Waals surface area contributed by atoms with Gasteiger partial charge in [-0.05, 0) is 133 Å². The number of carbonyl (C=O) groups excluding carboxylic acids is 6. The van der Waals surface area contributed by atoms with Gasteiger partial charge in [0.1, 0.15) is 0 Å². The molecule has 0 unspecified atom stereocenters. The van der Waals surface area contributed by atoms with E-state index in [9.17, 15) is 28.8 Å². The highest BCUT2D eigenvalue weighted by Crippen LogP contribution is 2.36. The van der Waals surface area contributed by atoms with E-state index in [2.05, 4.69) is 138 Å². The topological polar surface area (TPSA) is 139 Å². The van der Waals surface area contributed by atoms with Gasteiger partial charge in [0.2, 0.25) is 29.5 Å². The number of para-hydroxylation sites is 1. The molecular formula is C63H106N6O6. The molecule has 75 heavy (non-hydrogen) atoms. The molecule has 0 aromatic heterocycles. The minimum Gasteiger partial charge on any atom is -0.352 e. The van der Waals surface area contributed by atoms with Crippen molar-refractivity contribution in [2.75, 3.05) is 64.2 Å². The van der Waals surface area contributed by atoms with E-state index < -0.39 is 0 Å². The Bertz CT molecular complexity index is 1930. The van der Waals surface area contributed by atoms with Crippen molar-refractivity contribution in [1.29, 1.82) is 0 Å². The van der Waals surface area contributed by atoms with Crippen molar-refractivity contribution in [3.63, 3.8) is 0 Å². The van der Waals surface area contributed by atoms with Gasteiger partial charge in [-0.3, -0.25) is 28.8 Å². The van der Waals surface area contributed by atoms with Gasteiger partial charge in [0, 0.05) is 64.6 Å². The first-order valence-electron chi connectivity index (χ1n) is 27.3. The monoisotopic (exact) mass is 1040 g/mol. The molecule has 0 radical (unpaired) electrons.